The lowest BCUT2D eigenvalue weighted by molar-refractivity contribution is -0.116. The van der Waals surface area contributed by atoms with Crippen molar-refractivity contribution < 1.29 is 13.9 Å². The van der Waals surface area contributed by atoms with Gasteiger partial charge in [-0.3, -0.25) is 9.79 Å². The molecule has 3 N–H and O–H groups in total. The van der Waals surface area contributed by atoms with Crippen LogP contribution in [0.5, 0.6) is 5.75 Å². The van der Waals surface area contributed by atoms with Crippen LogP contribution in [0.1, 0.15) is 32.3 Å². The molecular weight excluding hydrogens is 371 g/mol. The largest absolute Gasteiger partial charge is 0.486 e. The highest BCUT2D eigenvalue weighted by Gasteiger charge is 2.09. The lowest BCUT2D eigenvalue weighted by Gasteiger charge is -2.18. The molecule has 2 aromatic carbocycles. The fraction of sp³-hybridized carbons (Fsp3) is 0.364. The molecule has 0 aliphatic carbocycles. The van der Waals surface area contributed by atoms with Crippen molar-refractivity contribution >= 4 is 17.6 Å². The number of para-hydroxylation sites is 1. The minimum Gasteiger partial charge on any atom is -0.486 e. The van der Waals surface area contributed by atoms with Gasteiger partial charge in [-0.05, 0) is 43.2 Å². The highest BCUT2D eigenvalue weighted by atomic mass is 19.1. The van der Waals surface area contributed by atoms with Gasteiger partial charge in [0.05, 0.1) is 6.54 Å². The fourth-order valence-electron chi connectivity index (χ4n) is 2.66. The number of hydrogen-bond donors (Lipinski definition) is 3. The molecule has 0 aromatic heterocycles. The normalized spacial score (nSPS) is 12.2. The van der Waals surface area contributed by atoms with Gasteiger partial charge in [-0.1, -0.05) is 31.2 Å². The third-order valence-electron chi connectivity index (χ3n) is 4.09. The number of carbonyl (C=O) groups is 1. The maximum absolute atomic E-state index is 13.7. The zero-order valence-electron chi connectivity index (χ0n) is 17.2. The van der Waals surface area contributed by atoms with Crippen molar-refractivity contribution in [2.45, 2.75) is 39.3 Å². The lowest BCUT2D eigenvalue weighted by atomic mass is 10.2. The molecule has 0 spiro atoms. The van der Waals surface area contributed by atoms with E-state index >= 15 is 0 Å². The number of ether oxygens (including phenoxy) is 1. The summed E-state index contributed by atoms with van der Waals surface area (Å²) in [5, 5.41) is 9.28. The molecule has 1 atom stereocenters. The van der Waals surface area contributed by atoms with Gasteiger partial charge in [0.25, 0.3) is 0 Å². The van der Waals surface area contributed by atoms with Crippen molar-refractivity contribution in [1.82, 2.24) is 10.6 Å². The molecular formula is C22H29FN4O2. The van der Waals surface area contributed by atoms with Gasteiger partial charge >= 0.3 is 0 Å². The Bertz CT molecular complexity index is 826. The molecule has 0 saturated carbocycles. The Morgan fingerprint density at radius 2 is 1.97 bits per heavy atom. The second kappa shape index (κ2) is 11.7. The summed E-state index contributed by atoms with van der Waals surface area (Å²) in [6.45, 7) is 4.83. The smallest absolute Gasteiger partial charge is 0.224 e. The molecule has 29 heavy (non-hydrogen) atoms. The lowest BCUT2D eigenvalue weighted by Crippen LogP contribution is -2.41. The summed E-state index contributed by atoms with van der Waals surface area (Å²) >= 11 is 0. The Morgan fingerprint density at radius 3 is 2.69 bits per heavy atom. The molecule has 1 unspecified atom stereocenters. The summed E-state index contributed by atoms with van der Waals surface area (Å²) < 4.78 is 19.3. The predicted octanol–water partition coefficient (Wildman–Crippen LogP) is 3.70. The highest BCUT2D eigenvalue weighted by Crippen LogP contribution is 2.16. The summed E-state index contributed by atoms with van der Waals surface area (Å²) in [6, 6.07) is 14.0. The third kappa shape index (κ3) is 7.81. The molecule has 0 aliphatic heterocycles. The van der Waals surface area contributed by atoms with Gasteiger partial charge < -0.3 is 20.7 Å². The quantitative estimate of drug-likeness (QED) is 0.443. The second-order valence-corrected chi connectivity index (χ2v) is 6.66. The standard InChI is InChI=1S/C22H29FN4O2/c1-4-8-21(28)27-18-10-7-9-17(13-18)15-26-22(24-3)25-14-16(2)29-20-12-6-5-11-19(20)23/h5-7,9-13,16H,4,8,14-15H2,1-3H3,(H,27,28)(H2,24,25,26). The fourth-order valence-corrected chi connectivity index (χ4v) is 2.66. The van der Waals surface area contributed by atoms with E-state index in [1.165, 1.54) is 6.07 Å². The van der Waals surface area contributed by atoms with Crippen LogP contribution in [-0.4, -0.2) is 31.6 Å². The van der Waals surface area contributed by atoms with E-state index in [4.69, 9.17) is 4.74 Å². The number of hydrogen-bond acceptors (Lipinski definition) is 3. The first-order chi connectivity index (χ1) is 14.0. The molecule has 0 heterocycles. The predicted molar refractivity (Wildman–Crippen MR) is 115 cm³/mol. The number of nitrogens with one attached hydrogen (secondary N) is 3. The van der Waals surface area contributed by atoms with Crippen LogP contribution in [0.25, 0.3) is 0 Å². The van der Waals surface area contributed by atoms with Crippen molar-refractivity contribution in [1.29, 1.82) is 0 Å². The topological polar surface area (TPSA) is 74.8 Å². The van der Waals surface area contributed by atoms with E-state index in [-0.39, 0.29) is 23.6 Å². The minimum atomic E-state index is -0.382. The zero-order valence-corrected chi connectivity index (χ0v) is 17.2. The van der Waals surface area contributed by atoms with Gasteiger partial charge in [-0.25, -0.2) is 4.39 Å². The number of guanidine groups is 1. The van der Waals surface area contributed by atoms with Gasteiger partial charge in [-0.2, -0.15) is 0 Å². The number of aliphatic imine (C=N–C) groups is 1. The van der Waals surface area contributed by atoms with Crippen LogP contribution in [0.15, 0.2) is 53.5 Å². The molecule has 0 saturated heterocycles. The highest BCUT2D eigenvalue weighted by molar-refractivity contribution is 5.90. The van der Waals surface area contributed by atoms with Gasteiger partial charge in [0, 0.05) is 25.7 Å². The van der Waals surface area contributed by atoms with E-state index in [0.29, 0.717) is 25.5 Å². The molecule has 0 bridgehead atoms. The van der Waals surface area contributed by atoms with Crippen molar-refractivity contribution in [3.05, 3.63) is 59.9 Å². The van der Waals surface area contributed by atoms with Crippen LogP contribution in [0, 0.1) is 5.82 Å². The number of amides is 1. The first-order valence-electron chi connectivity index (χ1n) is 9.76. The Hall–Kier alpha value is -3.09. The van der Waals surface area contributed by atoms with Crippen LogP contribution >= 0.6 is 0 Å². The number of carbonyl (C=O) groups excluding carboxylic acids is 1. The first-order valence-corrected chi connectivity index (χ1v) is 9.76. The van der Waals surface area contributed by atoms with Crippen LogP contribution in [-0.2, 0) is 11.3 Å². The summed E-state index contributed by atoms with van der Waals surface area (Å²) in [4.78, 5) is 15.9. The van der Waals surface area contributed by atoms with Crippen molar-refractivity contribution in [3.63, 3.8) is 0 Å². The zero-order chi connectivity index (χ0) is 21.1. The van der Waals surface area contributed by atoms with E-state index in [9.17, 15) is 9.18 Å². The number of anilines is 1. The average Bonchev–Trinajstić information content (AvgIpc) is 2.70. The van der Waals surface area contributed by atoms with Crippen molar-refractivity contribution in [2.75, 3.05) is 18.9 Å². The summed E-state index contributed by atoms with van der Waals surface area (Å²) in [5.41, 5.74) is 1.79. The SMILES string of the molecule is CCCC(=O)Nc1cccc(CNC(=NC)NCC(C)Oc2ccccc2F)c1. The number of halogens is 1. The third-order valence-corrected chi connectivity index (χ3v) is 4.09. The Balaban J connectivity index is 1.81. The maximum atomic E-state index is 13.7. The van der Waals surface area contributed by atoms with Crippen LogP contribution in [0.2, 0.25) is 0 Å². The van der Waals surface area contributed by atoms with Gasteiger partial charge in [0.1, 0.15) is 6.10 Å². The van der Waals surface area contributed by atoms with Crippen molar-refractivity contribution in [2.24, 2.45) is 4.99 Å². The number of nitrogens with zero attached hydrogens (tertiary/aromatic N) is 1. The van der Waals surface area contributed by atoms with E-state index in [1.807, 2.05) is 38.1 Å². The summed E-state index contributed by atoms with van der Waals surface area (Å²) in [5.74, 6) is 0.466. The molecule has 6 nitrogen and oxygen atoms in total. The molecule has 0 fully saturated rings. The summed E-state index contributed by atoms with van der Waals surface area (Å²) in [6.07, 6.45) is 1.07. The Kier molecular flexibility index (Phi) is 8.95. The number of rotatable bonds is 9. The average molecular weight is 400 g/mol. The van der Waals surface area contributed by atoms with E-state index in [1.54, 1.807) is 25.2 Å². The van der Waals surface area contributed by atoms with Gasteiger partial charge in [0.15, 0.2) is 17.5 Å². The van der Waals surface area contributed by atoms with Gasteiger partial charge in [-0.15, -0.1) is 0 Å². The van der Waals surface area contributed by atoms with Gasteiger partial charge in [0.2, 0.25) is 5.91 Å². The molecule has 1 amide bonds. The minimum absolute atomic E-state index is 0.0129. The molecule has 7 heteroatoms. The van der Waals surface area contributed by atoms with Crippen LogP contribution in [0.3, 0.4) is 0 Å². The Labute approximate surface area is 171 Å². The monoisotopic (exact) mass is 400 g/mol. The first kappa shape index (κ1) is 22.2. The molecule has 156 valence electrons. The molecule has 2 aromatic rings. The molecule has 2 rings (SSSR count). The van der Waals surface area contributed by atoms with E-state index in [2.05, 4.69) is 20.9 Å². The van der Waals surface area contributed by atoms with E-state index in [0.717, 1.165) is 17.7 Å². The number of benzene rings is 2. The summed E-state index contributed by atoms with van der Waals surface area (Å²) in [7, 11) is 1.68. The second-order valence-electron chi connectivity index (χ2n) is 6.66. The maximum Gasteiger partial charge on any atom is 0.224 e. The molecule has 0 radical (unpaired) electrons. The van der Waals surface area contributed by atoms with Crippen LogP contribution < -0.4 is 20.7 Å². The van der Waals surface area contributed by atoms with Crippen molar-refractivity contribution in [3.8, 4) is 5.75 Å². The molecule has 0 aliphatic rings. The van der Waals surface area contributed by atoms with E-state index < -0.39 is 0 Å². The van der Waals surface area contributed by atoms with Crippen LogP contribution in [0.4, 0.5) is 10.1 Å². The Morgan fingerprint density at radius 1 is 1.17 bits per heavy atom.